The largest absolute Gasteiger partial charge is 0.490 e. The van der Waals surface area contributed by atoms with Crippen LogP contribution in [0.15, 0.2) is 42.5 Å². The lowest BCUT2D eigenvalue weighted by Gasteiger charge is -2.32. The highest BCUT2D eigenvalue weighted by Gasteiger charge is 2.30. The van der Waals surface area contributed by atoms with E-state index in [4.69, 9.17) is 4.74 Å². The predicted octanol–water partition coefficient (Wildman–Crippen LogP) is 4.80. The molecule has 2 aromatic rings. The summed E-state index contributed by atoms with van der Waals surface area (Å²) in [6, 6.07) is 14.9. The van der Waals surface area contributed by atoms with Crippen LogP contribution in [-0.4, -0.2) is 73.5 Å². The lowest BCUT2D eigenvalue weighted by Crippen LogP contribution is -2.48. The lowest BCUT2D eigenvalue weighted by atomic mass is 9.86. The maximum absolute atomic E-state index is 13.4. The van der Waals surface area contributed by atoms with E-state index in [9.17, 15) is 9.59 Å². The van der Waals surface area contributed by atoms with E-state index in [1.165, 1.54) is 11.1 Å². The Morgan fingerprint density at radius 2 is 1.80 bits per heavy atom. The van der Waals surface area contributed by atoms with Crippen LogP contribution in [0.1, 0.15) is 63.1 Å². The molecule has 1 saturated carbocycles. The Balaban J connectivity index is 1.27. The molecule has 7 heteroatoms. The van der Waals surface area contributed by atoms with Gasteiger partial charge in [0.1, 0.15) is 5.75 Å². The molecule has 2 aliphatic rings. The van der Waals surface area contributed by atoms with Crippen molar-refractivity contribution in [3.8, 4) is 5.75 Å². The molecule has 4 rings (SSSR count). The van der Waals surface area contributed by atoms with Crippen LogP contribution in [0.2, 0.25) is 0 Å². The summed E-state index contributed by atoms with van der Waals surface area (Å²) in [6.45, 7) is 14.0. The number of carbonyl (C=O) groups is 2. The summed E-state index contributed by atoms with van der Waals surface area (Å²) < 4.78 is 6.30. The van der Waals surface area contributed by atoms with Crippen molar-refractivity contribution in [2.75, 3.05) is 44.7 Å². The molecule has 1 aliphatic heterocycles. The molecular weight excluding hydrogens is 500 g/mol. The zero-order valence-corrected chi connectivity index (χ0v) is 25.1. The molecule has 1 heterocycles. The fourth-order valence-corrected chi connectivity index (χ4v) is 6.08. The number of carbonyl (C=O) groups excluding carboxylic acids is 2. The van der Waals surface area contributed by atoms with Gasteiger partial charge in [0.15, 0.2) is 0 Å². The minimum absolute atomic E-state index is 0.0187. The third kappa shape index (κ3) is 7.85. The monoisotopic (exact) mass is 548 g/mol. The number of piperazine rings is 1. The molecule has 218 valence electrons. The number of likely N-dealkylation sites (N-methyl/N-ethyl adjacent to an activating group) is 1. The van der Waals surface area contributed by atoms with Crippen LogP contribution in [0.25, 0.3) is 0 Å². The lowest BCUT2D eigenvalue weighted by molar-refractivity contribution is -0.130. The first-order valence-electron chi connectivity index (χ1n) is 15.1. The maximum Gasteiger partial charge on any atom is 0.229 e. The van der Waals surface area contributed by atoms with Gasteiger partial charge in [0.25, 0.3) is 0 Å². The molecule has 0 bridgehead atoms. The van der Waals surface area contributed by atoms with Gasteiger partial charge in [-0.2, -0.15) is 0 Å². The first-order valence-corrected chi connectivity index (χ1v) is 15.1. The number of hydrogen-bond acceptors (Lipinski definition) is 5. The van der Waals surface area contributed by atoms with Gasteiger partial charge < -0.3 is 19.9 Å². The standard InChI is InChI=1S/C33H48N4O3/c1-6-37(7-2)32(38)21-26-9-8-10-31(20-26)40-30-15-12-27(13-16-30)33(39)35(5)29-14-11-28(24(3)19-29)23-36-18-17-34-25(4)22-36/h8-11,14,19-20,25,27,30,34H,6-7,12-13,15-18,21-23H2,1-5H3/t25-,27?,30?/m0/s1. The average Bonchev–Trinajstić information content (AvgIpc) is 2.95. The summed E-state index contributed by atoms with van der Waals surface area (Å²) in [6.07, 6.45) is 3.85. The third-order valence-electron chi connectivity index (χ3n) is 8.59. The Bertz CT molecular complexity index is 1140. The summed E-state index contributed by atoms with van der Waals surface area (Å²) in [4.78, 5) is 32.1. The number of anilines is 1. The summed E-state index contributed by atoms with van der Waals surface area (Å²) in [5.41, 5.74) is 4.51. The molecule has 0 radical (unpaired) electrons. The van der Waals surface area contributed by atoms with E-state index in [1.54, 1.807) is 0 Å². The zero-order valence-electron chi connectivity index (χ0n) is 25.1. The van der Waals surface area contributed by atoms with Crippen molar-refractivity contribution in [1.29, 1.82) is 0 Å². The molecule has 2 aromatic carbocycles. The smallest absolute Gasteiger partial charge is 0.229 e. The van der Waals surface area contributed by atoms with Crippen molar-refractivity contribution in [2.45, 2.75) is 78.5 Å². The molecular formula is C33H48N4O3. The number of hydrogen-bond donors (Lipinski definition) is 1. The van der Waals surface area contributed by atoms with Crippen molar-refractivity contribution >= 4 is 17.5 Å². The maximum atomic E-state index is 13.4. The van der Waals surface area contributed by atoms with Crippen LogP contribution in [0, 0.1) is 12.8 Å². The van der Waals surface area contributed by atoms with Crippen LogP contribution >= 0.6 is 0 Å². The van der Waals surface area contributed by atoms with E-state index in [0.717, 1.165) is 82.0 Å². The quantitative estimate of drug-likeness (QED) is 0.462. The topological polar surface area (TPSA) is 65.1 Å². The van der Waals surface area contributed by atoms with Gasteiger partial charge in [-0.1, -0.05) is 18.2 Å². The number of amides is 2. The Kier molecular flexibility index (Phi) is 10.6. The van der Waals surface area contributed by atoms with Crippen LogP contribution in [0.5, 0.6) is 5.75 Å². The number of nitrogens with one attached hydrogen (secondary N) is 1. The Morgan fingerprint density at radius 1 is 1.05 bits per heavy atom. The fraction of sp³-hybridized carbons (Fsp3) is 0.576. The fourth-order valence-electron chi connectivity index (χ4n) is 6.08. The van der Waals surface area contributed by atoms with Gasteiger partial charge in [-0.15, -0.1) is 0 Å². The molecule has 0 unspecified atom stereocenters. The van der Waals surface area contributed by atoms with Crippen molar-refractivity contribution in [1.82, 2.24) is 15.1 Å². The second kappa shape index (κ2) is 14.1. The molecule has 1 saturated heterocycles. The van der Waals surface area contributed by atoms with Crippen molar-refractivity contribution in [3.05, 3.63) is 59.2 Å². The molecule has 2 amide bonds. The second-order valence-electron chi connectivity index (χ2n) is 11.6. The van der Waals surface area contributed by atoms with Crippen LogP contribution in [0.3, 0.4) is 0 Å². The summed E-state index contributed by atoms with van der Waals surface area (Å²) >= 11 is 0. The average molecular weight is 549 g/mol. The van der Waals surface area contributed by atoms with Gasteiger partial charge in [0, 0.05) is 64.0 Å². The van der Waals surface area contributed by atoms with E-state index in [1.807, 2.05) is 55.0 Å². The van der Waals surface area contributed by atoms with Gasteiger partial charge >= 0.3 is 0 Å². The molecule has 1 N–H and O–H groups in total. The number of ether oxygens (including phenoxy) is 1. The molecule has 1 aliphatic carbocycles. The van der Waals surface area contributed by atoms with Crippen LogP contribution in [0.4, 0.5) is 5.69 Å². The summed E-state index contributed by atoms with van der Waals surface area (Å²) in [5, 5.41) is 3.50. The van der Waals surface area contributed by atoms with Crippen LogP contribution in [-0.2, 0) is 22.6 Å². The van der Waals surface area contributed by atoms with Crippen molar-refractivity contribution in [2.24, 2.45) is 5.92 Å². The number of benzene rings is 2. The normalized spacial score (nSPS) is 21.6. The number of rotatable bonds is 10. The Morgan fingerprint density at radius 3 is 2.48 bits per heavy atom. The molecule has 0 spiro atoms. The SMILES string of the molecule is CCN(CC)C(=O)Cc1cccc(OC2CCC(C(=O)N(C)c3ccc(CN4CCN[C@@H](C)C4)c(C)c3)CC2)c1. The van der Waals surface area contributed by atoms with E-state index < -0.39 is 0 Å². The third-order valence-corrected chi connectivity index (χ3v) is 8.59. The summed E-state index contributed by atoms with van der Waals surface area (Å²) in [7, 11) is 1.91. The highest BCUT2D eigenvalue weighted by molar-refractivity contribution is 5.94. The zero-order chi connectivity index (χ0) is 28.6. The van der Waals surface area contributed by atoms with Gasteiger partial charge in [0.2, 0.25) is 11.8 Å². The van der Waals surface area contributed by atoms with E-state index in [-0.39, 0.29) is 23.8 Å². The van der Waals surface area contributed by atoms with Crippen molar-refractivity contribution in [3.63, 3.8) is 0 Å². The van der Waals surface area contributed by atoms with Crippen molar-refractivity contribution < 1.29 is 14.3 Å². The summed E-state index contributed by atoms with van der Waals surface area (Å²) in [5.74, 6) is 1.16. The second-order valence-corrected chi connectivity index (χ2v) is 11.6. The molecule has 40 heavy (non-hydrogen) atoms. The Labute approximate surface area is 240 Å². The van der Waals surface area contributed by atoms with E-state index >= 15 is 0 Å². The predicted molar refractivity (Wildman–Crippen MR) is 162 cm³/mol. The first-order chi connectivity index (χ1) is 19.3. The van der Waals surface area contributed by atoms with E-state index in [0.29, 0.717) is 12.5 Å². The molecule has 2 fully saturated rings. The van der Waals surface area contributed by atoms with Gasteiger partial charge in [0.05, 0.1) is 12.5 Å². The van der Waals surface area contributed by atoms with Crippen LogP contribution < -0.4 is 15.0 Å². The van der Waals surface area contributed by atoms with Gasteiger partial charge in [-0.3, -0.25) is 14.5 Å². The van der Waals surface area contributed by atoms with Gasteiger partial charge in [-0.25, -0.2) is 0 Å². The molecule has 7 nitrogen and oxygen atoms in total. The first kappa shape index (κ1) is 30.1. The Hall–Kier alpha value is -2.90. The minimum atomic E-state index is 0.0187. The van der Waals surface area contributed by atoms with Gasteiger partial charge in [-0.05, 0) is 94.3 Å². The molecule has 0 aromatic heterocycles. The van der Waals surface area contributed by atoms with E-state index in [2.05, 4.69) is 42.3 Å². The highest BCUT2D eigenvalue weighted by Crippen LogP contribution is 2.31. The molecule has 1 atom stereocenters. The highest BCUT2D eigenvalue weighted by atomic mass is 16.5. The number of aryl methyl sites for hydroxylation is 1. The minimum Gasteiger partial charge on any atom is -0.490 e. The number of nitrogens with zero attached hydrogens (tertiary/aromatic N) is 3.